The van der Waals surface area contributed by atoms with Crippen LogP contribution in [0.5, 0.6) is 5.75 Å². The molecule has 0 spiro atoms. The lowest BCUT2D eigenvalue weighted by Crippen LogP contribution is -2.46. The van der Waals surface area contributed by atoms with Gasteiger partial charge < -0.3 is 52.3 Å². The molecule has 1 saturated carbocycles. The van der Waals surface area contributed by atoms with E-state index < -0.39 is 29.2 Å². The van der Waals surface area contributed by atoms with Gasteiger partial charge in [0, 0.05) is 24.7 Å². The summed E-state index contributed by atoms with van der Waals surface area (Å²) in [7, 11) is 0. The molecule has 2 unspecified atom stereocenters. The highest BCUT2D eigenvalue weighted by molar-refractivity contribution is 6.28. The Morgan fingerprint density at radius 2 is 1.39 bits per heavy atom. The van der Waals surface area contributed by atoms with Gasteiger partial charge in [0.2, 0.25) is 11.0 Å². The summed E-state index contributed by atoms with van der Waals surface area (Å²) in [5.74, 6) is -4.34. The Kier molecular flexibility index (Phi) is 22.7. The Morgan fingerprint density at radius 1 is 0.778 bits per heavy atom. The van der Waals surface area contributed by atoms with Crippen LogP contribution in [0.1, 0.15) is 68.9 Å². The minimum absolute atomic E-state index is 0.0462. The third-order valence-electron chi connectivity index (χ3n) is 12.0. The SMILES string of the molecule is CCC1CCC(n2ncc3c(N(CCOCCOCCOCCOCc4cn(CCOCCOCCOCCOCCC(=O)Oc5c(F)cc(F)cc5F)nn4)C4CC(c5ccccc5)C4)nc(Cl)nc32)O1. The van der Waals surface area contributed by atoms with Crippen LogP contribution in [-0.2, 0) is 60.6 Å². The molecule has 2 aromatic carbocycles. The van der Waals surface area contributed by atoms with Crippen LogP contribution >= 0.6 is 11.6 Å². The third kappa shape index (κ3) is 17.1. The summed E-state index contributed by atoms with van der Waals surface area (Å²) >= 11 is 6.59. The number of carbonyl (C=O) groups is 1. The first-order valence-electron chi connectivity index (χ1n) is 24.5. The second-order valence-electron chi connectivity index (χ2n) is 17.0. The minimum Gasteiger partial charge on any atom is -0.420 e. The number of halogens is 4. The molecule has 3 aromatic heterocycles. The number of hydrogen-bond donors (Lipinski definition) is 0. The van der Waals surface area contributed by atoms with Gasteiger partial charge in [-0.05, 0) is 55.2 Å². The van der Waals surface area contributed by atoms with E-state index >= 15 is 0 Å². The highest BCUT2D eigenvalue weighted by Crippen LogP contribution is 2.43. The fourth-order valence-corrected chi connectivity index (χ4v) is 8.32. The number of ether oxygens (including phenoxy) is 10. The van der Waals surface area contributed by atoms with Crippen LogP contribution < -0.4 is 9.64 Å². The normalized spacial score (nSPS) is 17.7. The lowest BCUT2D eigenvalue weighted by atomic mass is 9.75. The molecular formula is C49H64ClF3N8O11. The van der Waals surface area contributed by atoms with Crippen molar-refractivity contribution in [2.24, 2.45) is 0 Å². The van der Waals surface area contributed by atoms with Gasteiger partial charge >= 0.3 is 5.97 Å². The first-order chi connectivity index (χ1) is 35.2. The Labute approximate surface area is 421 Å². The summed E-state index contributed by atoms with van der Waals surface area (Å²) in [5, 5.41) is 14.0. The summed E-state index contributed by atoms with van der Waals surface area (Å²) < 4.78 is 99.5. The van der Waals surface area contributed by atoms with Crippen LogP contribution in [0.25, 0.3) is 11.0 Å². The van der Waals surface area contributed by atoms with Crippen molar-refractivity contribution in [3.8, 4) is 5.75 Å². The maximum atomic E-state index is 13.6. The standard InChI is InChI=1S/C49H64ClF3N8O11/c1-2-40-8-9-44(71-40)61-48-41(32-54-61)47(55-49(50)56-48)60(39-28-36(29-39)35-6-4-3-5-7-35)12-15-65-18-21-68-24-25-69-26-27-70-34-38-33-59(58-57-38)11-14-64-17-20-67-23-22-66-19-16-63-13-10-45(62)72-46-42(52)30-37(51)31-43(46)53/h3-7,30-33,36,39-40,44H,2,8-29,34H2,1H3. The Balaban J connectivity index is 0.666. The van der Waals surface area contributed by atoms with E-state index in [9.17, 15) is 18.0 Å². The minimum atomic E-state index is -1.30. The monoisotopic (exact) mass is 1030 g/mol. The van der Waals surface area contributed by atoms with E-state index in [0.29, 0.717) is 128 Å². The van der Waals surface area contributed by atoms with Crippen molar-refractivity contribution < 1.29 is 65.3 Å². The fourth-order valence-electron chi connectivity index (χ4n) is 8.16. The highest BCUT2D eigenvalue weighted by Gasteiger charge is 2.37. The number of aromatic nitrogens is 7. The van der Waals surface area contributed by atoms with Crippen LogP contribution in [0.3, 0.4) is 0 Å². The number of carbonyl (C=O) groups excluding carboxylic acids is 1. The Morgan fingerprint density at radius 3 is 2.03 bits per heavy atom. The summed E-state index contributed by atoms with van der Waals surface area (Å²) in [6.45, 7) is 8.87. The molecule has 0 N–H and O–H groups in total. The van der Waals surface area contributed by atoms with Gasteiger partial charge in [-0.1, -0.05) is 42.5 Å². The molecule has 1 aliphatic carbocycles. The van der Waals surface area contributed by atoms with Crippen molar-refractivity contribution in [2.75, 3.05) is 111 Å². The van der Waals surface area contributed by atoms with E-state index in [1.165, 1.54) is 5.56 Å². The van der Waals surface area contributed by atoms with E-state index in [1.807, 2.05) is 16.9 Å². The first-order valence-corrected chi connectivity index (χ1v) is 24.9. The van der Waals surface area contributed by atoms with E-state index in [4.69, 9.17) is 64.3 Å². The molecule has 7 rings (SSSR count). The van der Waals surface area contributed by atoms with Crippen molar-refractivity contribution in [3.63, 3.8) is 0 Å². The van der Waals surface area contributed by atoms with Crippen molar-refractivity contribution in [2.45, 2.75) is 82.9 Å². The lowest BCUT2D eigenvalue weighted by Gasteiger charge is -2.44. The number of rotatable bonds is 35. The van der Waals surface area contributed by atoms with Gasteiger partial charge in [0.25, 0.3) is 0 Å². The van der Waals surface area contributed by atoms with E-state index in [2.05, 4.69) is 56.1 Å². The van der Waals surface area contributed by atoms with Crippen molar-refractivity contribution in [3.05, 3.63) is 88.9 Å². The molecule has 0 bridgehead atoms. The van der Waals surface area contributed by atoms with Crippen LogP contribution in [0.4, 0.5) is 19.0 Å². The van der Waals surface area contributed by atoms with Crippen molar-refractivity contribution >= 4 is 34.4 Å². The molecule has 2 fully saturated rings. The zero-order chi connectivity index (χ0) is 50.3. The summed E-state index contributed by atoms with van der Waals surface area (Å²) in [6.07, 6.45) is 8.25. The first kappa shape index (κ1) is 54.9. The number of benzene rings is 2. The highest BCUT2D eigenvalue weighted by atomic mass is 35.5. The number of nitrogens with zero attached hydrogens (tertiary/aromatic N) is 8. The molecular weight excluding hydrogens is 969 g/mol. The van der Waals surface area contributed by atoms with Crippen molar-refractivity contribution in [1.82, 2.24) is 34.7 Å². The average Bonchev–Trinajstić information content (AvgIpc) is 4.14. The molecule has 394 valence electrons. The summed E-state index contributed by atoms with van der Waals surface area (Å²) in [5.41, 5.74) is 2.73. The predicted octanol–water partition coefficient (Wildman–Crippen LogP) is 6.66. The molecule has 2 atom stereocenters. The topological polar surface area (TPSA) is 187 Å². The van der Waals surface area contributed by atoms with Crippen molar-refractivity contribution in [1.29, 1.82) is 0 Å². The molecule has 19 nitrogen and oxygen atoms in total. The lowest BCUT2D eigenvalue weighted by molar-refractivity contribution is -0.136. The van der Waals surface area contributed by atoms with Crippen LogP contribution in [0, 0.1) is 17.5 Å². The van der Waals surface area contributed by atoms with Crippen LogP contribution in [0.15, 0.2) is 54.9 Å². The average molecular weight is 1030 g/mol. The Bertz CT molecular complexity index is 2360. The Hall–Kier alpha value is -4.88. The largest absolute Gasteiger partial charge is 0.420 e. The van der Waals surface area contributed by atoms with Gasteiger partial charge in [-0.15, -0.1) is 5.10 Å². The fraction of sp³-hybridized carbons (Fsp3) is 0.592. The molecule has 1 saturated heterocycles. The molecule has 5 aromatic rings. The maximum Gasteiger partial charge on any atom is 0.313 e. The molecule has 0 amide bonds. The zero-order valence-corrected chi connectivity index (χ0v) is 41.3. The summed E-state index contributed by atoms with van der Waals surface area (Å²) in [4.78, 5) is 23.4. The van der Waals surface area contributed by atoms with Gasteiger partial charge in [-0.3, -0.25) is 4.79 Å². The molecule has 72 heavy (non-hydrogen) atoms. The molecule has 2 aliphatic rings. The smallest absolute Gasteiger partial charge is 0.313 e. The van der Waals surface area contributed by atoms with Gasteiger partial charge in [0.05, 0.1) is 143 Å². The number of anilines is 1. The van der Waals surface area contributed by atoms with Gasteiger partial charge in [-0.25, -0.2) is 22.5 Å². The number of fused-ring (bicyclic) bond motifs is 1. The summed E-state index contributed by atoms with van der Waals surface area (Å²) in [6, 6.07) is 11.7. The number of hydrogen-bond acceptors (Lipinski definition) is 17. The maximum absolute atomic E-state index is 13.6. The molecule has 0 radical (unpaired) electrons. The second kappa shape index (κ2) is 29.7. The van der Waals surface area contributed by atoms with Gasteiger partial charge in [0.1, 0.15) is 17.3 Å². The van der Waals surface area contributed by atoms with Gasteiger partial charge in [-0.2, -0.15) is 15.1 Å². The molecule has 23 heteroatoms. The van der Waals surface area contributed by atoms with E-state index in [-0.39, 0.29) is 49.9 Å². The van der Waals surface area contributed by atoms with Crippen LogP contribution in [0.2, 0.25) is 5.28 Å². The number of esters is 1. The third-order valence-corrected chi connectivity index (χ3v) is 12.1. The zero-order valence-electron chi connectivity index (χ0n) is 40.6. The molecule has 1 aliphatic heterocycles. The van der Waals surface area contributed by atoms with Gasteiger partial charge in [0.15, 0.2) is 23.5 Å². The van der Waals surface area contributed by atoms with E-state index in [0.717, 1.165) is 43.3 Å². The van der Waals surface area contributed by atoms with E-state index in [1.54, 1.807) is 10.9 Å². The molecule has 4 heterocycles. The predicted molar refractivity (Wildman–Crippen MR) is 255 cm³/mol. The quantitative estimate of drug-likeness (QED) is 0.0181. The second-order valence-corrected chi connectivity index (χ2v) is 17.3. The van der Waals surface area contributed by atoms with Crippen LogP contribution in [-0.4, -0.2) is 159 Å².